The summed E-state index contributed by atoms with van der Waals surface area (Å²) in [6, 6.07) is 4.30. The van der Waals surface area contributed by atoms with Gasteiger partial charge in [-0.2, -0.15) is 0 Å². The predicted molar refractivity (Wildman–Crippen MR) is 75.2 cm³/mol. The van der Waals surface area contributed by atoms with E-state index in [9.17, 15) is 0 Å². The van der Waals surface area contributed by atoms with E-state index in [4.69, 9.17) is 0 Å². The first kappa shape index (κ1) is 12.1. The van der Waals surface area contributed by atoms with Crippen LogP contribution in [0.4, 0.5) is 5.82 Å². The van der Waals surface area contributed by atoms with Crippen molar-refractivity contribution in [3.63, 3.8) is 0 Å². The number of hydrogen-bond donors (Lipinski definition) is 0. The summed E-state index contributed by atoms with van der Waals surface area (Å²) in [5.74, 6) is 1.47. The van der Waals surface area contributed by atoms with Gasteiger partial charge < -0.3 is 4.90 Å². The van der Waals surface area contributed by atoms with Crippen LogP contribution >= 0.6 is 0 Å². The van der Waals surface area contributed by atoms with Crippen molar-refractivity contribution in [2.24, 2.45) is 0 Å². The number of piperidine rings is 1. The highest BCUT2D eigenvalue weighted by Gasteiger charge is 2.23. The molecule has 1 fully saturated rings. The molecule has 19 heavy (non-hydrogen) atoms. The Bertz CT molecular complexity index is 524. The largest absolute Gasteiger partial charge is 0.355 e. The number of hydrogen-bond acceptors (Lipinski definition) is 4. The number of aryl methyl sites for hydroxylation is 1. The number of anilines is 1. The van der Waals surface area contributed by atoms with E-state index in [1.807, 2.05) is 12.4 Å². The third kappa shape index (κ3) is 2.72. The van der Waals surface area contributed by atoms with Crippen LogP contribution in [0, 0.1) is 6.92 Å². The Balaban J connectivity index is 1.76. The Morgan fingerprint density at radius 3 is 2.84 bits per heavy atom. The van der Waals surface area contributed by atoms with Crippen LogP contribution in [-0.2, 0) is 0 Å². The summed E-state index contributed by atoms with van der Waals surface area (Å²) in [4.78, 5) is 15.4. The van der Waals surface area contributed by atoms with Crippen molar-refractivity contribution in [1.29, 1.82) is 0 Å². The third-order valence-electron chi connectivity index (χ3n) is 3.65. The van der Waals surface area contributed by atoms with Crippen molar-refractivity contribution < 1.29 is 0 Å². The van der Waals surface area contributed by atoms with Gasteiger partial charge in [0.1, 0.15) is 5.82 Å². The summed E-state index contributed by atoms with van der Waals surface area (Å²) in [5, 5.41) is 0. The lowest BCUT2D eigenvalue weighted by molar-refractivity contribution is 0.498. The van der Waals surface area contributed by atoms with Gasteiger partial charge in [-0.25, -0.2) is 4.98 Å². The highest BCUT2D eigenvalue weighted by molar-refractivity contribution is 5.37. The minimum atomic E-state index is 0.497. The number of nitrogens with zero attached hydrogens (tertiary/aromatic N) is 4. The molecule has 0 amide bonds. The van der Waals surface area contributed by atoms with Crippen LogP contribution < -0.4 is 4.90 Å². The topological polar surface area (TPSA) is 41.9 Å². The molecule has 0 radical (unpaired) electrons. The van der Waals surface area contributed by atoms with Gasteiger partial charge in [0, 0.05) is 43.3 Å². The first-order chi connectivity index (χ1) is 9.33. The first-order valence-corrected chi connectivity index (χ1v) is 6.76. The summed E-state index contributed by atoms with van der Waals surface area (Å²) >= 11 is 0. The average Bonchev–Trinajstić information content (AvgIpc) is 2.49. The van der Waals surface area contributed by atoms with Crippen LogP contribution in [-0.4, -0.2) is 28.0 Å². The fourth-order valence-electron chi connectivity index (χ4n) is 2.60. The van der Waals surface area contributed by atoms with Crippen molar-refractivity contribution in [2.45, 2.75) is 25.7 Å². The summed E-state index contributed by atoms with van der Waals surface area (Å²) in [7, 11) is 0. The Labute approximate surface area is 113 Å². The van der Waals surface area contributed by atoms with E-state index in [0.717, 1.165) is 18.9 Å². The lowest BCUT2D eigenvalue weighted by Crippen LogP contribution is -2.35. The van der Waals surface area contributed by atoms with Gasteiger partial charge in [0.05, 0.1) is 6.20 Å². The molecule has 1 saturated heterocycles. The Kier molecular flexibility index (Phi) is 3.40. The molecule has 0 bridgehead atoms. The Hall–Kier alpha value is -1.97. The van der Waals surface area contributed by atoms with Crippen molar-refractivity contribution in [2.75, 3.05) is 18.0 Å². The van der Waals surface area contributed by atoms with Crippen molar-refractivity contribution >= 4 is 5.82 Å². The summed E-state index contributed by atoms with van der Waals surface area (Å²) in [6.45, 7) is 4.11. The van der Waals surface area contributed by atoms with Gasteiger partial charge >= 0.3 is 0 Å². The van der Waals surface area contributed by atoms with E-state index in [2.05, 4.69) is 38.9 Å². The summed E-state index contributed by atoms with van der Waals surface area (Å²) in [5.41, 5.74) is 2.41. The van der Waals surface area contributed by atoms with Crippen LogP contribution in [0.25, 0.3) is 0 Å². The third-order valence-corrected chi connectivity index (χ3v) is 3.65. The molecule has 0 aromatic carbocycles. The number of aromatic nitrogens is 3. The molecule has 4 heteroatoms. The molecular weight excluding hydrogens is 236 g/mol. The van der Waals surface area contributed by atoms with Crippen LogP contribution in [0.1, 0.15) is 30.0 Å². The van der Waals surface area contributed by atoms with Gasteiger partial charge in [0.2, 0.25) is 0 Å². The normalized spacial score (nSPS) is 19.4. The molecule has 98 valence electrons. The second-order valence-corrected chi connectivity index (χ2v) is 5.11. The highest BCUT2D eigenvalue weighted by atomic mass is 15.2. The number of rotatable bonds is 2. The molecule has 2 aromatic rings. The predicted octanol–water partition coefficient (Wildman–Crippen LogP) is 2.56. The quantitative estimate of drug-likeness (QED) is 0.826. The molecule has 3 rings (SSSR count). The zero-order valence-electron chi connectivity index (χ0n) is 11.2. The van der Waals surface area contributed by atoms with Crippen LogP contribution in [0.2, 0.25) is 0 Å². The van der Waals surface area contributed by atoms with E-state index < -0.39 is 0 Å². The van der Waals surface area contributed by atoms with Gasteiger partial charge in [0.25, 0.3) is 0 Å². The van der Waals surface area contributed by atoms with Crippen LogP contribution in [0.3, 0.4) is 0 Å². The van der Waals surface area contributed by atoms with Crippen molar-refractivity contribution in [3.05, 3.63) is 48.2 Å². The molecule has 1 aliphatic rings. The second kappa shape index (κ2) is 5.34. The molecule has 4 nitrogen and oxygen atoms in total. The summed E-state index contributed by atoms with van der Waals surface area (Å²) < 4.78 is 0. The molecule has 0 aliphatic carbocycles. The lowest BCUT2D eigenvalue weighted by Gasteiger charge is -2.33. The molecule has 3 heterocycles. The van der Waals surface area contributed by atoms with Crippen LogP contribution in [0.15, 0.2) is 36.9 Å². The SMILES string of the molecule is Cc1ccc(C2CCCN(c3cnccn3)C2)nc1. The average molecular weight is 254 g/mol. The minimum Gasteiger partial charge on any atom is -0.355 e. The smallest absolute Gasteiger partial charge is 0.147 e. The van der Waals surface area contributed by atoms with E-state index in [1.165, 1.54) is 24.1 Å². The fraction of sp³-hybridized carbons (Fsp3) is 0.400. The molecule has 0 saturated carbocycles. The van der Waals surface area contributed by atoms with E-state index >= 15 is 0 Å². The molecule has 1 aliphatic heterocycles. The number of pyridine rings is 1. The molecular formula is C15H18N4. The van der Waals surface area contributed by atoms with Gasteiger partial charge in [-0.1, -0.05) is 6.07 Å². The second-order valence-electron chi connectivity index (χ2n) is 5.11. The molecule has 1 atom stereocenters. The van der Waals surface area contributed by atoms with Crippen LogP contribution in [0.5, 0.6) is 0 Å². The standard InChI is InChI=1S/C15H18N4/c1-12-4-5-14(18-9-12)13-3-2-8-19(11-13)15-10-16-6-7-17-15/h4-7,9-10,13H,2-3,8,11H2,1H3. The van der Waals surface area contributed by atoms with Gasteiger partial charge in [0.15, 0.2) is 0 Å². The molecule has 2 aromatic heterocycles. The van der Waals surface area contributed by atoms with E-state index in [-0.39, 0.29) is 0 Å². The Morgan fingerprint density at radius 1 is 1.16 bits per heavy atom. The zero-order valence-corrected chi connectivity index (χ0v) is 11.2. The van der Waals surface area contributed by atoms with Crippen molar-refractivity contribution in [3.8, 4) is 0 Å². The van der Waals surface area contributed by atoms with E-state index in [1.54, 1.807) is 12.4 Å². The Morgan fingerprint density at radius 2 is 2.11 bits per heavy atom. The molecule has 0 spiro atoms. The van der Waals surface area contributed by atoms with Crippen molar-refractivity contribution in [1.82, 2.24) is 15.0 Å². The summed E-state index contributed by atoms with van der Waals surface area (Å²) in [6.07, 6.45) is 9.64. The zero-order chi connectivity index (χ0) is 13.1. The monoisotopic (exact) mass is 254 g/mol. The maximum Gasteiger partial charge on any atom is 0.147 e. The first-order valence-electron chi connectivity index (χ1n) is 6.76. The molecule has 0 N–H and O–H groups in total. The minimum absolute atomic E-state index is 0.497. The molecule has 1 unspecified atom stereocenters. The van der Waals surface area contributed by atoms with Gasteiger partial charge in [-0.15, -0.1) is 0 Å². The van der Waals surface area contributed by atoms with Gasteiger partial charge in [-0.3, -0.25) is 9.97 Å². The fourth-order valence-corrected chi connectivity index (χ4v) is 2.60. The lowest BCUT2D eigenvalue weighted by atomic mass is 9.94. The maximum absolute atomic E-state index is 4.57. The maximum atomic E-state index is 4.57. The van der Waals surface area contributed by atoms with Gasteiger partial charge in [-0.05, 0) is 31.4 Å². The highest BCUT2D eigenvalue weighted by Crippen LogP contribution is 2.27. The van der Waals surface area contributed by atoms with E-state index in [0.29, 0.717) is 5.92 Å².